The number of hydrogen-bond acceptors (Lipinski definition) is 10. The summed E-state index contributed by atoms with van der Waals surface area (Å²) in [6.07, 6.45) is 9.92. The first kappa shape index (κ1) is 34.2. The molecule has 0 aromatic heterocycles. The fraction of sp³-hybridized carbons (Fsp3) is 0.875. The van der Waals surface area contributed by atoms with Gasteiger partial charge >= 0.3 is 17.9 Å². The van der Waals surface area contributed by atoms with Crippen LogP contribution in [0.25, 0.3) is 0 Å². The van der Waals surface area contributed by atoms with Crippen molar-refractivity contribution in [1.29, 1.82) is 0 Å². The van der Waals surface area contributed by atoms with E-state index in [1.54, 1.807) is 0 Å². The van der Waals surface area contributed by atoms with Crippen LogP contribution in [0.5, 0.6) is 0 Å². The third-order valence-electron chi connectivity index (χ3n) is 16.0. The van der Waals surface area contributed by atoms with Gasteiger partial charge in [-0.25, -0.2) is 4.79 Å². The van der Waals surface area contributed by atoms with Gasteiger partial charge in [0.2, 0.25) is 0 Å². The van der Waals surface area contributed by atoms with E-state index >= 15 is 0 Å². The summed E-state index contributed by atoms with van der Waals surface area (Å²) in [5, 5.41) is 0. The molecule has 1 aliphatic heterocycles. The van der Waals surface area contributed by atoms with Gasteiger partial charge in [0.25, 0.3) is 0 Å². The molecule has 0 radical (unpaired) electrons. The molecule has 1 spiro atoms. The molecule has 12 saturated carbocycles. The molecule has 13 fully saturated rings. The Labute approximate surface area is 302 Å². The molecule has 284 valence electrons. The van der Waals surface area contributed by atoms with E-state index in [1.807, 2.05) is 0 Å². The van der Waals surface area contributed by atoms with Crippen molar-refractivity contribution in [3.05, 3.63) is 0 Å². The van der Waals surface area contributed by atoms with Gasteiger partial charge in [-0.1, -0.05) is 0 Å². The van der Waals surface area contributed by atoms with Gasteiger partial charge in [0.15, 0.2) is 11.6 Å². The van der Waals surface area contributed by atoms with E-state index in [0.717, 1.165) is 51.4 Å². The van der Waals surface area contributed by atoms with E-state index in [2.05, 4.69) is 0 Å². The largest absolute Gasteiger partial charge is 0.462 e. The Bertz CT molecular complexity index is 1480. The lowest BCUT2D eigenvalue weighted by atomic mass is 9.48. The molecule has 52 heavy (non-hydrogen) atoms. The fourth-order valence-electron chi connectivity index (χ4n) is 14.3. The van der Waals surface area contributed by atoms with Crippen molar-refractivity contribution in [2.75, 3.05) is 26.4 Å². The summed E-state index contributed by atoms with van der Waals surface area (Å²) < 4.78 is 59.6. The third-order valence-corrected chi connectivity index (χ3v) is 16.0. The number of rotatable bonds is 9. The van der Waals surface area contributed by atoms with Gasteiger partial charge in [0.05, 0.1) is 18.6 Å². The molecule has 12 bridgehead atoms. The SMILES string of the molecule is CC(F)(F)C(=O)OC12CC3CC(C1)C1(OCC(COC(=O)C45CC6CC(C4)C(=O)C(C6)C5)(OCC(=O)C45CC6CC(C4)C(=O)C(C6)C5)CO1)C(C3)C2. The van der Waals surface area contributed by atoms with Crippen LogP contribution in [-0.2, 0) is 47.7 Å². The maximum atomic E-state index is 14.1. The van der Waals surface area contributed by atoms with E-state index < -0.39 is 39.7 Å². The van der Waals surface area contributed by atoms with Crippen molar-refractivity contribution in [3.8, 4) is 0 Å². The second kappa shape index (κ2) is 11.1. The number of carbonyl (C=O) groups is 5. The minimum atomic E-state index is -3.58. The molecule has 13 rings (SSSR count). The van der Waals surface area contributed by atoms with E-state index in [1.165, 1.54) is 0 Å². The Morgan fingerprint density at radius 3 is 1.75 bits per heavy atom. The van der Waals surface area contributed by atoms with Crippen LogP contribution in [-0.4, -0.2) is 78.6 Å². The second-order valence-corrected chi connectivity index (χ2v) is 19.6. The molecular formula is C40H50F2O10. The van der Waals surface area contributed by atoms with Gasteiger partial charge in [-0.05, 0) is 114 Å². The summed E-state index contributed by atoms with van der Waals surface area (Å²) in [5.41, 5.74) is -3.51. The summed E-state index contributed by atoms with van der Waals surface area (Å²) in [4.78, 5) is 66.2. The van der Waals surface area contributed by atoms with Crippen molar-refractivity contribution in [2.45, 2.75) is 126 Å². The van der Waals surface area contributed by atoms with E-state index in [9.17, 15) is 32.8 Å². The highest BCUT2D eigenvalue weighted by atomic mass is 19.3. The van der Waals surface area contributed by atoms with Crippen LogP contribution in [0.2, 0.25) is 0 Å². The lowest BCUT2D eigenvalue weighted by molar-refractivity contribution is -0.404. The smallest absolute Gasteiger partial charge is 0.377 e. The van der Waals surface area contributed by atoms with Crippen LogP contribution in [0, 0.1) is 64.1 Å². The monoisotopic (exact) mass is 728 g/mol. The maximum Gasteiger partial charge on any atom is 0.377 e. The van der Waals surface area contributed by atoms with Crippen molar-refractivity contribution in [1.82, 2.24) is 0 Å². The lowest BCUT2D eigenvalue weighted by Gasteiger charge is -2.65. The number of carbonyl (C=O) groups excluding carboxylic acids is 5. The Kier molecular flexibility index (Phi) is 7.33. The minimum Gasteiger partial charge on any atom is -0.462 e. The van der Waals surface area contributed by atoms with Crippen molar-refractivity contribution in [2.24, 2.45) is 64.1 Å². The van der Waals surface area contributed by atoms with Crippen LogP contribution in [0.1, 0.15) is 103 Å². The van der Waals surface area contributed by atoms with Crippen LogP contribution in [0.15, 0.2) is 0 Å². The predicted octanol–water partition coefficient (Wildman–Crippen LogP) is 5.17. The fourth-order valence-corrected chi connectivity index (χ4v) is 14.3. The highest BCUT2D eigenvalue weighted by Crippen LogP contribution is 2.64. The number of ether oxygens (including phenoxy) is 5. The Morgan fingerprint density at radius 1 is 0.712 bits per heavy atom. The predicted molar refractivity (Wildman–Crippen MR) is 174 cm³/mol. The normalized spacial score (nSPS) is 50.6. The first-order chi connectivity index (χ1) is 24.6. The molecule has 6 unspecified atom stereocenters. The zero-order valence-electron chi connectivity index (χ0n) is 30.0. The molecule has 0 amide bonds. The number of halogens is 2. The van der Waals surface area contributed by atoms with Gasteiger partial charge in [-0.2, -0.15) is 8.78 Å². The first-order valence-electron chi connectivity index (χ1n) is 19.9. The number of esters is 2. The molecule has 0 N–H and O–H groups in total. The zero-order chi connectivity index (χ0) is 36.1. The van der Waals surface area contributed by atoms with E-state index in [0.29, 0.717) is 75.3 Å². The molecule has 6 atom stereocenters. The minimum absolute atomic E-state index is 0.00374. The van der Waals surface area contributed by atoms with Crippen LogP contribution >= 0.6 is 0 Å². The Morgan fingerprint density at radius 2 is 1.21 bits per heavy atom. The van der Waals surface area contributed by atoms with Gasteiger partial charge in [0.1, 0.15) is 36.0 Å². The molecule has 1 saturated heterocycles. The Balaban J connectivity index is 0.873. The molecule has 10 nitrogen and oxygen atoms in total. The van der Waals surface area contributed by atoms with Crippen molar-refractivity contribution < 1.29 is 56.4 Å². The second-order valence-electron chi connectivity index (χ2n) is 19.6. The quantitative estimate of drug-likeness (QED) is 0.293. The van der Waals surface area contributed by atoms with Gasteiger partial charge < -0.3 is 23.7 Å². The summed E-state index contributed by atoms with van der Waals surface area (Å²) in [7, 11) is 0. The Hall–Kier alpha value is -2.31. The summed E-state index contributed by atoms with van der Waals surface area (Å²) in [6.45, 7) is 0.193. The maximum absolute atomic E-state index is 14.1. The highest BCUT2D eigenvalue weighted by molar-refractivity contribution is 5.93. The third kappa shape index (κ3) is 5.04. The first-order valence-corrected chi connectivity index (χ1v) is 19.9. The van der Waals surface area contributed by atoms with Crippen LogP contribution < -0.4 is 0 Å². The average Bonchev–Trinajstić information content (AvgIpc) is 3.09. The van der Waals surface area contributed by atoms with E-state index in [-0.39, 0.29) is 79.6 Å². The number of Topliss-reactive ketones (excluding diaryl/α,β-unsaturated/α-hetero) is 3. The highest BCUT2D eigenvalue weighted by Gasteiger charge is 2.68. The standard InChI is InChI=1S/C40H50F2O10/c1-35(41,42)33(46)52-38-10-23-6-28(15-38)40(29(7-23)16-38)50-19-39(20-51-40,18-48-34(47)37-9-22-4-26(13-37)32(45)27(5-22)14-37)49-17-30(43)36-8-21-2-24(11-36)31(44)25(3-21)12-36/h21-29H,2-20H2,1H3. The number of alkyl halides is 2. The summed E-state index contributed by atoms with van der Waals surface area (Å²) in [5.74, 6) is -5.56. The van der Waals surface area contributed by atoms with Gasteiger partial charge in [-0.15, -0.1) is 0 Å². The molecule has 0 aromatic carbocycles. The molecule has 12 heteroatoms. The molecule has 12 aliphatic carbocycles. The van der Waals surface area contributed by atoms with Gasteiger partial charge in [0, 0.05) is 47.8 Å². The van der Waals surface area contributed by atoms with Crippen molar-refractivity contribution >= 4 is 29.3 Å². The van der Waals surface area contributed by atoms with Gasteiger partial charge in [-0.3, -0.25) is 19.2 Å². The molecule has 13 aliphatic rings. The summed E-state index contributed by atoms with van der Waals surface area (Å²) in [6, 6.07) is 0. The molecule has 0 aromatic rings. The lowest BCUT2D eigenvalue weighted by Crippen LogP contribution is -2.70. The molecule has 1 heterocycles. The average molecular weight is 729 g/mol. The van der Waals surface area contributed by atoms with Crippen LogP contribution in [0.3, 0.4) is 0 Å². The topological polar surface area (TPSA) is 132 Å². The number of ketones is 3. The summed E-state index contributed by atoms with van der Waals surface area (Å²) >= 11 is 0. The molecular weight excluding hydrogens is 678 g/mol. The van der Waals surface area contributed by atoms with Crippen molar-refractivity contribution in [3.63, 3.8) is 0 Å². The van der Waals surface area contributed by atoms with E-state index in [4.69, 9.17) is 23.7 Å². The number of hydrogen-bond donors (Lipinski definition) is 0. The van der Waals surface area contributed by atoms with Crippen LogP contribution in [0.4, 0.5) is 8.78 Å². The zero-order valence-corrected chi connectivity index (χ0v) is 30.0.